The van der Waals surface area contributed by atoms with E-state index in [-0.39, 0.29) is 101 Å². The number of likely N-dealkylation sites (tertiary alicyclic amines) is 1. The van der Waals surface area contributed by atoms with Crippen LogP contribution in [-0.2, 0) is 57.5 Å². The number of hydrogen-bond acceptors (Lipinski definition) is 12. The number of rotatable bonds is 11. The fraction of sp³-hybridized carbons (Fsp3) is 0.833. The number of hydrogen-bond donors (Lipinski definition) is 3. The second kappa shape index (κ2) is 35.8. The van der Waals surface area contributed by atoms with Crippen LogP contribution < -0.4 is 16.0 Å². The summed E-state index contributed by atoms with van der Waals surface area (Å²) in [4.78, 5) is 191. The molecule has 7 aliphatic rings. The molecule has 12 amide bonds. The van der Waals surface area contributed by atoms with Crippen molar-refractivity contribution in [2.24, 2.45) is 35.5 Å². The Balaban J connectivity index is 1.27. The van der Waals surface area contributed by atoms with Crippen molar-refractivity contribution < 1.29 is 70.7 Å². The molecule has 7 fully saturated rings. The molecule has 0 radical (unpaired) electrons. The molecule has 0 unspecified atom stereocenters. The van der Waals surface area contributed by atoms with E-state index < -0.39 is 163 Å². The van der Waals surface area contributed by atoms with Gasteiger partial charge in [-0.25, -0.2) is 0 Å². The van der Waals surface area contributed by atoms with Crippen molar-refractivity contribution >= 4 is 70.9 Å². The van der Waals surface area contributed by atoms with Gasteiger partial charge in [-0.1, -0.05) is 98.3 Å². The van der Waals surface area contributed by atoms with E-state index in [1.54, 1.807) is 18.9 Å². The maximum atomic E-state index is 15.8. The number of alkyl halides is 3. The molecule has 24 nitrogen and oxygen atoms in total. The van der Waals surface area contributed by atoms with Crippen molar-refractivity contribution in [1.82, 2.24) is 60.0 Å². The zero-order valence-corrected chi connectivity index (χ0v) is 61.1. The predicted octanol–water partition coefficient (Wildman–Crippen LogP) is 5.88. The van der Waals surface area contributed by atoms with Gasteiger partial charge in [-0.15, -0.1) is 0 Å². The summed E-state index contributed by atoms with van der Waals surface area (Å²) in [5, 5.41) is 8.89. The molecule has 3 N–H and O–H groups in total. The minimum Gasteiger partial charge on any atom is -0.343 e. The summed E-state index contributed by atoms with van der Waals surface area (Å²) < 4.78 is 41.5. The highest BCUT2D eigenvalue weighted by molar-refractivity contribution is 6.00. The Bertz CT molecular complexity index is 2850. The lowest BCUT2D eigenvalue weighted by Crippen LogP contribution is -2.65. The summed E-state index contributed by atoms with van der Waals surface area (Å²) in [5.74, 6) is -9.88. The van der Waals surface area contributed by atoms with Gasteiger partial charge in [-0.3, -0.25) is 57.5 Å². The van der Waals surface area contributed by atoms with E-state index in [0.29, 0.717) is 64.5 Å². The molecule has 0 aromatic carbocycles. The van der Waals surface area contributed by atoms with Gasteiger partial charge in [0.25, 0.3) is 0 Å². The van der Waals surface area contributed by atoms with Crippen molar-refractivity contribution in [1.29, 1.82) is 0 Å². The highest BCUT2D eigenvalue weighted by Crippen LogP contribution is 2.42. The van der Waals surface area contributed by atoms with Crippen molar-refractivity contribution in [2.45, 2.75) is 261 Å². The molecular formula is C72H117F3N12O12. The Hall–Kier alpha value is -6.57. The van der Waals surface area contributed by atoms with E-state index in [2.05, 4.69) is 16.0 Å². The van der Waals surface area contributed by atoms with Crippen LogP contribution in [0, 0.1) is 35.5 Å². The van der Waals surface area contributed by atoms with Crippen LogP contribution in [0.5, 0.6) is 0 Å². The molecule has 7 rings (SSSR count). The standard InChI is InChI=1S/C72H117F3N12O12/c1-12-47(4)61-68(97)81(7)44-59(90)79(5)45-60(91)83(9)55(41-49-24-15-13-16-25-49)66(95)80(6)43-57(88)76-52(34-31-48-29-32-51(33-30-48)72(73,74)75)65(94)87-39-23-28-53(87)64(93)78-71(35-19-20-36-71)70(99)85(11)62(50-26-17-14-18-27-50)69(98)84(10)56(67(96)86-37-21-22-38-86)42-58(89)82(8)54(40-46(2)3)63(92)77-61/h46-56,61-62H,12-45H2,1-11H3,(H,76,88)(H,77,92)(H,78,93)/t47-,48?,51?,52-,53-,54-,55-,56-,61-,62-/m0/s1. The number of amides is 12. The van der Waals surface area contributed by atoms with Gasteiger partial charge < -0.3 is 60.0 Å². The van der Waals surface area contributed by atoms with Crippen LogP contribution in [0.25, 0.3) is 0 Å². The number of nitrogens with one attached hydrogen (secondary N) is 3. The van der Waals surface area contributed by atoms with Gasteiger partial charge in [0.15, 0.2) is 0 Å². The highest BCUT2D eigenvalue weighted by atomic mass is 19.4. The fourth-order valence-electron chi connectivity index (χ4n) is 16.6. The first-order valence-electron chi connectivity index (χ1n) is 37.2. The number of halogens is 3. The maximum Gasteiger partial charge on any atom is 0.391 e. The summed E-state index contributed by atoms with van der Waals surface area (Å²) in [6, 6.07) is -8.38. The molecule has 4 aliphatic carbocycles. The molecular weight excluding hydrogens is 1280 g/mol. The largest absolute Gasteiger partial charge is 0.391 e. The predicted molar refractivity (Wildman–Crippen MR) is 365 cm³/mol. The number of nitrogens with zero attached hydrogens (tertiary/aromatic N) is 9. The van der Waals surface area contributed by atoms with Gasteiger partial charge in [-0.2, -0.15) is 13.2 Å². The van der Waals surface area contributed by atoms with Crippen molar-refractivity contribution in [2.75, 3.05) is 88.6 Å². The van der Waals surface area contributed by atoms with Gasteiger partial charge in [0, 0.05) is 69.0 Å². The number of likely N-dealkylation sites (N-methyl/N-ethyl adjacent to an activating group) is 7. The van der Waals surface area contributed by atoms with E-state index in [0.717, 1.165) is 56.3 Å². The molecule has 1 spiro atoms. The fourth-order valence-corrected chi connectivity index (χ4v) is 16.6. The third kappa shape index (κ3) is 20.4. The molecule has 0 aromatic heterocycles. The Kier molecular flexibility index (Phi) is 28.9. The van der Waals surface area contributed by atoms with Gasteiger partial charge in [0.05, 0.1) is 32.0 Å². The van der Waals surface area contributed by atoms with Crippen LogP contribution >= 0.6 is 0 Å². The van der Waals surface area contributed by atoms with Crippen molar-refractivity contribution in [3.05, 3.63) is 0 Å². The third-order valence-electron chi connectivity index (χ3n) is 23.2. The summed E-state index contributed by atoms with van der Waals surface area (Å²) in [6.07, 6.45) is 8.04. The van der Waals surface area contributed by atoms with Gasteiger partial charge in [-0.05, 0) is 132 Å². The number of carbonyl (C=O) groups is 12. The van der Waals surface area contributed by atoms with Crippen molar-refractivity contribution in [3.8, 4) is 0 Å². The summed E-state index contributed by atoms with van der Waals surface area (Å²) in [7, 11) is 10.1. The Labute approximate surface area is 585 Å². The lowest BCUT2D eigenvalue weighted by molar-refractivity contribution is -0.184. The molecule has 3 heterocycles. The van der Waals surface area contributed by atoms with E-state index in [1.807, 2.05) is 20.8 Å². The zero-order valence-electron chi connectivity index (χ0n) is 61.1. The average molecular weight is 1400 g/mol. The lowest BCUT2D eigenvalue weighted by atomic mass is 9.79. The minimum absolute atomic E-state index is 0.00735. The van der Waals surface area contributed by atoms with Crippen LogP contribution in [0.4, 0.5) is 13.2 Å². The third-order valence-corrected chi connectivity index (χ3v) is 23.2. The van der Waals surface area contributed by atoms with Gasteiger partial charge in [0.1, 0.15) is 47.8 Å². The van der Waals surface area contributed by atoms with Crippen LogP contribution in [0.2, 0.25) is 0 Å². The molecule has 99 heavy (non-hydrogen) atoms. The van der Waals surface area contributed by atoms with E-state index >= 15 is 24.0 Å². The second-order valence-electron chi connectivity index (χ2n) is 30.8. The smallest absolute Gasteiger partial charge is 0.343 e. The van der Waals surface area contributed by atoms with Crippen LogP contribution in [-0.4, -0.2) is 258 Å². The topological polar surface area (TPSA) is 270 Å². The highest BCUT2D eigenvalue weighted by Gasteiger charge is 2.52. The van der Waals surface area contributed by atoms with Gasteiger partial charge >= 0.3 is 6.18 Å². The zero-order chi connectivity index (χ0) is 72.8. The minimum atomic E-state index is -4.35. The molecule has 558 valence electrons. The molecule has 27 heteroatoms. The summed E-state index contributed by atoms with van der Waals surface area (Å²) in [5.41, 5.74) is -1.53. The van der Waals surface area contributed by atoms with Crippen LogP contribution in [0.1, 0.15) is 207 Å². The Morgan fingerprint density at radius 2 is 1.13 bits per heavy atom. The Morgan fingerprint density at radius 3 is 1.73 bits per heavy atom. The van der Waals surface area contributed by atoms with E-state index in [4.69, 9.17) is 0 Å². The molecule has 0 aromatic rings. The average Bonchev–Trinajstić information content (AvgIpc) is 1.72. The van der Waals surface area contributed by atoms with Crippen LogP contribution in [0.3, 0.4) is 0 Å². The monoisotopic (exact) mass is 1400 g/mol. The number of fused-ring (bicyclic) bond motifs is 1. The summed E-state index contributed by atoms with van der Waals surface area (Å²) in [6.45, 7) is 6.67. The summed E-state index contributed by atoms with van der Waals surface area (Å²) >= 11 is 0. The van der Waals surface area contributed by atoms with E-state index in [9.17, 15) is 46.7 Å². The second-order valence-corrected chi connectivity index (χ2v) is 30.8. The molecule has 3 saturated heterocycles. The normalized spacial score (nSPS) is 29.4. The van der Waals surface area contributed by atoms with Crippen LogP contribution in [0.15, 0.2) is 0 Å². The lowest BCUT2D eigenvalue weighted by Gasteiger charge is -2.43. The number of carbonyl (C=O) groups excluding carboxylic acids is 12. The maximum absolute atomic E-state index is 15.8. The first kappa shape index (κ1) is 79.8. The quantitative estimate of drug-likeness (QED) is 0.219. The van der Waals surface area contributed by atoms with Gasteiger partial charge in [0.2, 0.25) is 70.9 Å². The molecule has 8 atom stereocenters. The first-order valence-corrected chi connectivity index (χ1v) is 37.2. The molecule has 3 aliphatic heterocycles. The van der Waals surface area contributed by atoms with E-state index in [1.165, 1.54) is 76.6 Å². The first-order chi connectivity index (χ1) is 46.8. The van der Waals surface area contributed by atoms with Crippen molar-refractivity contribution in [3.63, 3.8) is 0 Å². The molecule has 4 saturated carbocycles. The Morgan fingerprint density at radius 1 is 0.545 bits per heavy atom. The molecule has 0 bridgehead atoms. The SMILES string of the molecule is CC[C@H](C)[C@@H]1NC(=O)[C@H](CC(C)C)N(C)C(=O)C[C@@H](C(=O)N2CCCC2)N(C)C(=O)[C@H](C2CCCCC2)N(C)C(=O)C2(CCCC2)NC(=O)[C@@H]2CCCN2C(=O)[C@H](CCC2CCC(C(F)(F)F)CC2)NC(=O)CN(C)C(=O)[C@H](CC2CCCCC2)N(C)C(=O)CN(C)C(=O)CN(C)C1=O.